The molecule has 0 spiro atoms. The fourth-order valence-electron chi connectivity index (χ4n) is 1.88. The van der Waals surface area contributed by atoms with Crippen LogP contribution in [0, 0.1) is 10.1 Å². The average molecular weight is 323 g/mol. The van der Waals surface area contributed by atoms with E-state index in [1.54, 1.807) is 0 Å². The fourth-order valence-corrected chi connectivity index (χ4v) is 1.88. The molecule has 8 heteroatoms. The van der Waals surface area contributed by atoms with E-state index >= 15 is 0 Å². The van der Waals surface area contributed by atoms with Crippen molar-refractivity contribution in [1.82, 2.24) is 5.32 Å². The zero-order chi connectivity index (χ0) is 17.4. The highest BCUT2D eigenvalue weighted by atomic mass is 16.6. The maximum absolute atomic E-state index is 11.9. The number of nitro groups is 1. The summed E-state index contributed by atoms with van der Waals surface area (Å²) in [6.45, 7) is 4.00. The van der Waals surface area contributed by atoms with Gasteiger partial charge >= 0.3 is 5.97 Å². The van der Waals surface area contributed by atoms with Gasteiger partial charge < -0.3 is 15.4 Å². The van der Waals surface area contributed by atoms with Crippen LogP contribution in [0.2, 0.25) is 0 Å². The van der Waals surface area contributed by atoms with Gasteiger partial charge in [0.1, 0.15) is 5.69 Å². The van der Waals surface area contributed by atoms with Gasteiger partial charge in [-0.15, -0.1) is 0 Å². The molecule has 126 valence electrons. The number of nitrogens with zero attached hydrogens (tertiary/aromatic N) is 1. The quantitative estimate of drug-likeness (QED) is 0.328. The first-order valence-electron chi connectivity index (χ1n) is 7.25. The molecule has 0 fully saturated rings. The van der Waals surface area contributed by atoms with E-state index in [1.165, 1.54) is 25.3 Å². The van der Waals surface area contributed by atoms with Crippen molar-refractivity contribution in [2.75, 3.05) is 19.0 Å². The summed E-state index contributed by atoms with van der Waals surface area (Å²) in [5.41, 5.74) is 0.353. The van der Waals surface area contributed by atoms with Gasteiger partial charge in [-0.3, -0.25) is 19.7 Å². The van der Waals surface area contributed by atoms with Gasteiger partial charge in [0, 0.05) is 30.6 Å². The highest BCUT2D eigenvalue weighted by Gasteiger charge is 2.17. The van der Waals surface area contributed by atoms with E-state index < -0.39 is 4.92 Å². The number of nitrogens with one attached hydrogen (secondary N) is 2. The Kier molecular flexibility index (Phi) is 6.98. The van der Waals surface area contributed by atoms with Crippen molar-refractivity contribution in [3.63, 3.8) is 0 Å². The second-order valence-electron chi connectivity index (χ2n) is 5.22. The predicted molar refractivity (Wildman–Crippen MR) is 85.4 cm³/mol. The number of carbonyl (C=O) groups excluding carboxylic acids is 2. The molecule has 1 amide bonds. The Bertz CT molecular complexity index is 586. The van der Waals surface area contributed by atoms with Gasteiger partial charge in [0.05, 0.1) is 12.0 Å². The lowest BCUT2D eigenvalue weighted by Crippen LogP contribution is -2.30. The van der Waals surface area contributed by atoms with Crippen LogP contribution in [0.15, 0.2) is 18.2 Å². The van der Waals surface area contributed by atoms with Gasteiger partial charge in [-0.1, -0.05) is 0 Å². The number of hydrogen-bond acceptors (Lipinski definition) is 6. The number of anilines is 1. The fraction of sp³-hybridized carbons (Fsp3) is 0.467. The maximum atomic E-state index is 11.9. The number of hydrogen-bond donors (Lipinski definition) is 2. The molecule has 1 aromatic rings. The van der Waals surface area contributed by atoms with Crippen molar-refractivity contribution in [1.29, 1.82) is 0 Å². The summed E-state index contributed by atoms with van der Waals surface area (Å²) in [5, 5.41) is 16.7. The Morgan fingerprint density at radius 3 is 2.61 bits per heavy atom. The summed E-state index contributed by atoms with van der Waals surface area (Å²) in [6, 6.07) is 4.19. The molecule has 0 aromatic heterocycles. The van der Waals surface area contributed by atoms with Crippen molar-refractivity contribution >= 4 is 23.3 Å². The van der Waals surface area contributed by atoms with Crippen LogP contribution in [0.25, 0.3) is 0 Å². The topological polar surface area (TPSA) is 111 Å². The third-order valence-electron chi connectivity index (χ3n) is 2.98. The van der Waals surface area contributed by atoms with Gasteiger partial charge in [-0.05, 0) is 32.4 Å². The van der Waals surface area contributed by atoms with Gasteiger partial charge in [0.25, 0.3) is 11.6 Å². The summed E-state index contributed by atoms with van der Waals surface area (Å²) in [5.74, 6) is -0.692. The molecule has 0 bridgehead atoms. The normalized spacial score (nSPS) is 10.3. The smallest absolute Gasteiger partial charge is 0.305 e. The first-order chi connectivity index (χ1) is 10.8. The van der Waals surface area contributed by atoms with Crippen LogP contribution in [0.3, 0.4) is 0 Å². The third kappa shape index (κ3) is 5.93. The molecule has 1 aromatic carbocycles. The molecule has 0 heterocycles. The summed E-state index contributed by atoms with van der Waals surface area (Å²) in [6.07, 6.45) is 0.714. The molecule has 0 aliphatic heterocycles. The van der Waals surface area contributed by atoms with Crippen LogP contribution in [-0.4, -0.2) is 36.5 Å². The molecule has 8 nitrogen and oxygen atoms in total. The Balaban J connectivity index is 2.78. The van der Waals surface area contributed by atoms with Crippen LogP contribution >= 0.6 is 0 Å². The van der Waals surface area contributed by atoms with Crippen LogP contribution < -0.4 is 10.6 Å². The van der Waals surface area contributed by atoms with Crippen LogP contribution in [0.5, 0.6) is 0 Å². The number of amides is 1. The Hall–Kier alpha value is -2.64. The number of ether oxygens (including phenoxy) is 1. The van der Waals surface area contributed by atoms with Crippen molar-refractivity contribution < 1.29 is 19.2 Å². The molecule has 0 saturated carbocycles. The highest BCUT2D eigenvalue weighted by molar-refractivity contribution is 5.95. The van der Waals surface area contributed by atoms with Crippen molar-refractivity contribution in [3.8, 4) is 0 Å². The molecule has 1 rings (SSSR count). The molecule has 0 saturated heterocycles. The number of esters is 1. The van der Waals surface area contributed by atoms with E-state index in [0.717, 1.165) is 0 Å². The Labute approximate surface area is 134 Å². The van der Waals surface area contributed by atoms with Gasteiger partial charge in [0.2, 0.25) is 0 Å². The molecule has 0 unspecified atom stereocenters. The Morgan fingerprint density at radius 1 is 1.35 bits per heavy atom. The number of nitro benzene ring substituents is 1. The minimum Gasteiger partial charge on any atom is -0.469 e. The SMILES string of the molecule is COC(=O)CCCNc1ccc(C(=O)NC(C)C)cc1[N+](=O)[O-]. The zero-order valence-corrected chi connectivity index (χ0v) is 13.4. The van der Waals surface area contributed by atoms with Crippen molar-refractivity contribution in [3.05, 3.63) is 33.9 Å². The largest absolute Gasteiger partial charge is 0.469 e. The van der Waals surface area contributed by atoms with Crippen molar-refractivity contribution in [2.45, 2.75) is 32.7 Å². The molecule has 0 radical (unpaired) electrons. The third-order valence-corrected chi connectivity index (χ3v) is 2.98. The molecule has 23 heavy (non-hydrogen) atoms. The van der Waals surface area contributed by atoms with E-state index in [0.29, 0.717) is 18.7 Å². The molecular formula is C15H21N3O5. The molecule has 2 N–H and O–H groups in total. The summed E-state index contributed by atoms with van der Waals surface area (Å²) < 4.78 is 4.52. The van der Waals surface area contributed by atoms with Crippen LogP contribution in [0.4, 0.5) is 11.4 Å². The minimum atomic E-state index is -0.547. The second kappa shape index (κ2) is 8.72. The Morgan fingerprint density at radius 2 is 2.04 bits per heavy atom. The molecule has 0 aliphatic rings. The second-order valence-corrected chi connectivity index (χ2v) is 5.22. The lowest BCUT2D eigenvalue weighted by Gasteiger charge is -2.10. The number of methoxy groups -OCH3 is 1. The molecular weight excluding hydrogens is 302 g/mol. The maximum Gasteiger partial charge on any atom is 0.305 e. The number of benzene rings is 1. The zero-order valence-electron chi connectivity index (χ0n) is 13.4. The summed E-state index contributed by atoms with van der Waals surface area (Å²) in [4.78, 5) is 33.5. The van der Waals surface area contributed by atoms with Gasteiger partial charge in [-0.25, -0.2) is 0 Å². The van der Waals surface area contributed by atoms with E-state index in [9.17, 15) is 19.7 Å². The predicted octanol–water partition coefficient (Wildman–Crippen LogP) is 2.10. The number of carbonyl (C=O) groups is 2. The monoisotopic (exact) mass is 323 g/mol. The molecule has 0 aliphatic carbocycles. The number of rotatable bonds is 8. The van der Waals surface area contributed by atoms with E-state index in [4.69, 9.17) is 0 Å². The van der Waals surface area contributed by atoms with Crippen LogP contribution in [0.1, 0.15) is 37.0 Å². The van der Waals surface area contributed by atoms with Gasteiger partial charge in [-0.2, -0.15) is 0 Å². The summed E-state index contributed by atoms with van der Waals surface area (Å²) >= 11 is 0. The van der Waals surface area contributed by atoms with Gasteiger partial charge in [0.15, 0.2) is 0 Å². The first kappa shape index (κ1) is 18.4. The lowest BCUT2D eigenvalue weighted by atomic mass is 10.1. The first-order valence-corrected chi connectivity index (χ1v) is 7.25. The van der Waals surface area contributed by atoms with E-state index in [2.05, 4.69) is 15.4 Å². The highest BCUT2D eigenvalue weighted by Crippen LogP contribution is 2.25. The van der Waals surface area contributed by atoms with E-state index in [-0.39, 0.29) is 35.6 Å². The summed E-state index contributed by atoms with van der Waals surface area (Å²) in [7, 11) is 1.31. The average Bonchev–Trinajstić information content (AvgIpc) is 2.50. The lowest BCUT2D eigenvalue weighted by molar-refractivity contribution is -0.384. The van der Waals surface area contributed by atoms with Crippen LogP contribution in [-0.2, 0) is 9.53 Å². The van der Waals surface area contributed by atoms with Crippen molar-refractivity contribution in [2.24, 2.45) is 0 Å². The molecule has 0 atom stereocenters. The minimum absolute atomic E-state index is 0.0577. The van der Waals surface area contributed by atoms with E-state index in [1.807, 2.05) is 13.8 Å². The standard InChI is InChI=1S/C15H21N3O5/c1-10(2)17-15(20)11-6-7-12(13(9-11)18(21)22)16-8-4-5-14(19)23-3/h6-7,9-10,16H,4-5,8H2,1-3H3,(H,17,20).